The van der Waals surface area contributed by atoms with Crippen molar-refractivity contribution in [2.75, 3.05) is 27.2 Å². The van der Waals surface area contributed by atoms with E-state index in [9.17, 15) is 18.4 Å². The number of hydrogen-bond donors (Lipinski definition) is 1. The molecule has 0 amide bonds. The number of rotatable bonds is 9. The molecule has 5 nitrogen and oxygen atoms in total. The summed E-state index contributed by atoms with van der Waals surface area (Å²) in [4.78, 5) is 22.6. The second kappa shape index (κ2) is 8.82. The molecule has 1 atom stereocenters. The van der Waals surface area contributed by atoms with Gasteiger partial charge in [0.1, 0.15) is 6.29 Å². The number of halogens is 2. The third-order valence-corrected chi connectivity index (χ3v) is 2.56. The average Bonchev–Trinajstić information content (AvgIpc) is 2.31. The number of hydrogen-bond acceptors (Lipinski definition) is 5. The summed E-state index contributed by atoms with van der Waals surface area (Å²) in [5.41, 5.74) is -1.15. The molecule has 0 rings (SSSR count). The number of aldehydes is 2. The molecule has 0 aromatic carbocycles. The van der Waals surface area contributed by atoms with Gasteiger partial charge in [0.25, 0.3) is 5.66 Å². The Labute approximate surface area is 113 Å². The van der Waals surface area contributed by atoms with Gasteiger partial charge in [-0.1, -0.05) is 9.24 Å². The van der Waals surface area contributed by atoms with Crippen LogP contribution in [0.1, 0.15) is 6.42 Å². The van der Waals surface area contributed by atoms with E-state index in [1.807, 2.05) is 0 Å². The van der Waals surface area contributed by atoms with E-state index in [2.05, 4.69) is 10.5 Å². The Balaban J connectivity index is 4.84. The van der Waals surface area contributed by atoms with E-state index in [1.165, 1.54) is 16.3 Å². The first kappa shape index (κ1) is 17.8. The SMILES string of the molecule is CNN=C(/C=C(\C=O)C(F)(F)P)CCN(C)CC=O. The molecule has 0 aromatic rings. The lowest BCUT2D eigenvalue weighted by Crippen LogP contribution is -2.24. The molecule has 8 heteroatoms. The highest BCUT2D eigenvalue weighted by Crippen LogP contribution is 2.29. The molecular weight excluding hydrogens is 275 g/mol. The van der Waals surface area contributed by atoms with Gasteiger partial charge in [-0.3, -0.25) is 9.69 Å². The van der Waals surface area contributed by atoms with E-state index >= 15 is 0 Å². The highest BCUT2D eigenvalue weighted by molar-refractivity contribution is 7.18. The fourth-order valence-corrected chi connectivity index (χ4v) is 1.37. The third-order valence-electron chi connectivity index (χ3n) is 2.23. The van der Waals surface area contributed by atoms with Crippen molar-refractivity contribution in [3.63, 3.8) is 0 Å². The van der Waals surface area contributed by atoms with Crippen LogP contribution in [0.3, 0.4) is 0 Å². The van der Waals surface area contributed by atoms with Gasteiger partial charge in [-0.2, -0.15) is 13.9 Å². The first-order chi connectivity index (χ1) is 8.85. The zero-order valence-corrected chi connectivity index (χ0v) is 12.1. The fraction of sp³-hybridized carbons (Fsp3) is 0.545. The van der Waals surface area contributed by atoms with Gasteiger partial charge in [0.15, 0.2) is 6.29 Å². The molecule has 1 N–H and O–H groups in total. The number of nitrogens with zero attached hydrogens (tertiary/aromatic N) is 2. The molecule has 0 aliphatic heterocycles. The lowest BCUT2D eigenvalue weighted by molar-refractivity contribution is -0.108. The Bertz CT molecular complexity index is 367. The van der Waals surface area contributed by atoms with Crippen LogP contribution in [0.5, 0.6) is 0 Å². The Morgan fingerprint density at radius 2 is 2.11 bits per heavy atom. The van der Waals surface area contributed by atoms with Gasteiger partial charge in [-0.25, -0.2) is 0 Å². The lowest BCUT2D eigenvalue weighted by Gasteiger charge is -2.14. The number of alkyl halides is 2. The van der Waals surface area contributed by atoms with Crippen molar-refractivity contribution in [1.82, 2.24) is 10.3 Å². The summed E-state index contributed by atoms with van der Waals surface area (Å²) in [7, 11) is 4.56. The smallest absolute Gasteiger partial charge is 0.287 e. The third kappa shape index (κ3) is 7.74. The van der Waals surface area contributed by atoms with E-state index < -0.39 is 11.2 Å². The topological polar surface area (TPSA) is 61.8 Å². The Morgan fingerprint density at radius 3 is 2.53 bits per heavy atom. The number of nitrogens with one attached hydrogen (secondary N) is 1. The van der Waals surface area contributed by atoms with Crippen LogP contribution < -0.4 is 5.43 Å². The number of carbonyl (C=O) groups excluding carboxylic acids is 2. The molecule has 0 aromatic heterocycles. The monoisotopic (exact) mass is 293 g/mol. The molecule has 0 aliphatic carbocycles. The number of hydrazone groups is 1. The van der Waals surface area contributed by atoms with Gasteiger partial charge in [-0.15, -0.1) is 0 Å². The second-order valence-corrected chi connectivity index (χ2v) is 4.57. The largest absolute Gasteiger partial charge is 0.313 e. The van der Waals surface area contributed by atoms with Crippen LogP contribution in [0.25, 0.3) is 0 Å². The minimum atomic E-state index is -3.29. The number of likely N-dealkylation sites (N-methyl/N-ethyl adjacent to an activating group) is 1. The van der Waals surface area contributed by atoms with Crippen LogP contribution in [-0.4, -0.2) is 56.0 Å². The fourth-order valence-electron chi connectivity index (χ4n) is 1.22. The van der Waals surface area contributed by atoms with Crippen molar-refractivity contribution in [1.29, 1.82) is 0 Å². The van der Waals surface area contributed by atoms with Crippen LogP contribution in [0.15, 0.2) is 16.8 Å². The number of carbonyl (C=O) groups is 2. The van der Waals surface area contributed by atoms with Gasteiger partial charge in [0.05, 0.1) is 17.8 Å². The lowest BCUT2D eigenvalue weighted by atomic mass is 10.1. The van der Waals surface area contributed by atoms with E-state index in [1.54, 1.807) is 11.9 Å². The molecule has 0 heterocycles. The van der Waals surface area contributed by atoms with Crippen molar-refractivity contribution < 1.29 is 18.4 Å². The first-order valence-corrected chi connectivity index (χ1v) is 6.12. The molecule has 0 saturated carbocycles. The van der Waals surface area contributed by atoms with Crippen LogP contribution >= 0.6 is 9.24 Å². The predicted octanol–water partition coefficient (Wildman–Crippen LogP) is 0.676. The van der Waals surface area contributed by atoms with E-state index in [0.29, 0.717) is 18.7 Å². The summed E-state index contributed by atoms with van der Waals surface area (Å²) in [6.45, 7) is 0.710. The zero-order chi connectivity index (χ0) is 14.9. The zero-order valence-electron chi connectivity index (χ0n) is 10.9. The van der Waals surface area contributed by atoms with Crippen molar-refractivity contribution in [3.05, 3.63) is 11.6 Å². The van der Waals surface area contributed by atoms with E-state index in [0.717, 1.165) is 12.4 Å². The van der Waals surface area contributed by atoms with Crippen molar-refractivity contribution in [3.8, 4) is 0 Å². The van der Waals surface area contributed by atoms with Gasteiger partial charge < -0.3 is 10.2 Å². The van der Waals surface area contributed by atoms with E-state index in [4.69, 9.17) is 0 Å². The first-order valence-electron chi connectivity index (χ1n) is 5.54. The molecule has 0 bridgehead atoms. The second-order valence-electron chi connectivity index (χ2n) is 3.85. The van der Waals surface area contributed by atoms with Gasteiger partial charge in [-0.05, 0) is 13.1 Å². The molecule has 108 valence electrons. The summed E-state index contributed by atoms with van der Waals surface area (Å²) >= 11 is 0. The summed E-state index contributed by atoms with van der Waals surface area (Å²) in [6, 6.07) is 0. The van der Waals surface area contributed by atoms with Gasteiger partial charge >= 0.3 is 0 Å². The molecule has 1 unspecified atom stereocenters. The molecule has 0 fully saturated rings. The molecule has 19 heavy (non-hydrogen) atoms. The summed E-state index contributed by atoms with van der Waals surface area (Å²) < 4.78 is 26.1. The van der Waals surface area contributed by atoms with Crippen LogP contribution in [-0.2, 0) is 9.59 Å². The van der Waals surface area contributed by atoms with Crippen LogP contribution in [0.4, 0.5) is 8.78 Å². The molecular formula is C11H18F2N3O2P. The maximum absolute atomic E-state index is 13.0. The minimum Gasteiger partial charge on any atom is -0.313 e. The Morgan fingerprint density at radius 1 is 1.47 bits per heavy atom. The normalized spacial score (nSPS) is 13.6. The highest BCUT2D eigenvalue weighted by atomic mass is 31.0. The van der Waals surface area contributed by atoms with Crippen molar-refractivity contribution >= 4 is 27.5 Å². The minimum absolute atomic E-state index is 0.104. The average molecular weight is 293 g/mol. The summed E-state index contributed by atoms with van der Waals surface area (Å²) in [5.74, 6) is 0. The Hall–Kier alpha value is -1.20. The van der Waals surface area contributed by atoms with Gasteiger partial charge in [0, 0.05) is 20.0 Å². The summed E-state index contributed by atoms with van der Waals surface area (Å²) in [5, 5.41) is 3.83. The molecule has 0 saturated heterocycles. The van der Waals surface area contributed by atoms with E-state index in [-0.39, 0.29) is 12.8 Å². The van der Waals surface area contributed by atoms with Gasteiger partial charge in [0.2, 0.25) is 0 Å². The maximum Gasteiger partial charge on any atom is 0.287 e. The van der Waals surface area contributed by atoms with Crippen LogP contribution in [0.2, 0.25) is 0 Å². The quantitative estimate of drug-likeness (QED) is 0.223. The maximum atomic E-state index is 13.0. The van der Waals surface area contributed by atoms with Crippen LogP contribution in [0, 0.1) is 0 Å². The molecule has 0 aliphatic rings. The van der Waals surface area contributed by atoms with Crippen molar-refractivity contribution in [2.45, 2.75) is 12.1 Å². The predicted molar refractivity (Wildman–Crippen MR) is 73.5 cm³/mol. The summed E-state index contributed by atoms with van der Waals surface area (Å²) in [6.07, 6.45) is 2.24. The molecule has 0 spiro atoms. The van der Waals surface area contributed by atoms with Crippen molar-refractivity contribution in [2.24, 2.45) is 5.10 Å². The highest BCUT2D eigenvalue weighted by Gasteiger charge is 2.27. The standard InChI is InChI=1S/C11H18F2N3O2P/c1-14-15-10(3-4-16(2)5-6-17)7-9(8-18)11(12,13)19/h6-8,14H,3-5,19H2,1-2H3/b9-7+,15-10?. The Kier molecular flexibility index (Phi) is 8.27. The number of allylic oxidation sites excluding steroid dienone is 2. The molecule has 0 radical (unpaired) electrons.